The molecule has 1 amide bonds. The lowest BCUT2D eigenvalue weighted by Crippen LogP contribution is -2.24. The van der Waals surface area contributed by atoms with E-state index in [1.54, 1.807) is 6.92 Å². The molecule has 0 saturated heterocycles. The van der Waals surface area contributed by atoms with E-state index in [9.17, 15) is 9.59 Å². The van der Waals surface area contributed by atoms with Gasteiger partial charge < -0.3 is 5.32 Å². The van der Waals surface area contributed by atoms with Gasteiger partial charge in [0.25, 0.3) is 5.56 Å². The standard InChI is InChI=1S/C15H18N4O2S/c1-8-5-9(2)13(10(3)6-8)18-14(21)11(4)22-15-17-12(20)7-16-19-15/h5-7,11H,1-4H3,(H,18,21)(H,17,19,20)/t11-/m1/s1. The number of H-pyrrole nitrogens is 1. The molecule has 0 aliphatic rings. The molecule has 116 valence electrons. The van der Waals surface area contributed by atoms with E-state index in [0.29, 0.717) is 5.16 Å². The van der Waals surface area contributed by atoms with Gasteiger partial charge in [-0.3, -0.25) is 14.6 Å². The second kappa shape index (κ2) is 6.74. The van der Waals surface area contributed by atoms with Gasteiger partial charge in [-0.15, -0.1) is 5.10 Å². The molecule has 6 nitrogen and oxygen atoms in total. The molecular formula is C15H18N4O2S. The fourth-order valence-corrected chi connectivity index (χ4v) is 2.93. The molecule has 1 heterocycles. The second-order valence-electron chi connectivity index (χ2n) is 5.16. The molecule has 2 rings (SSSR count). The zero-order valence-electron chi connectivity index (χ0n) is 12.9. The summed E-state index contributed by atoms with van der Waals surface area (Å²) in [6, 6.07) is 4.06. The lowest BCUT2D eigenvalue weighted by atomic mass is 10.1. The van der Waals surface area contributed by atoms with Gasteiger partial charge in [0.1, 0.15) is 6.20 Å². The Morgan fingerprint density at radius 3 is 2.50 bits per heavy atom. The fourth-order valence-electron chi connectivity index (χ4n) is 2.17. The van der Waals surface area contributed by atoms with Gasteiger partial charge in [0, 0.05) is 5.69 Å². The van der Waals surface area contributed by atoms with Gasteiger partial charge in [-0.2, -0.15) is 5.10 Å². The number of nitrogens with zero attached hydrogens (tertiary/aromatic N) is 2. The predicted molar refractivity (Wildman–Crippen MR) is 87.3 cm³/mol. The molecular weight excluding hydrogens is 300 g/mol. The van der Waals surface area contributed by atoms with Crippen LogP contribution in [0.5, 0.6) is 0 Å². The van der Waals surface area contributed by atoms with E-state index in [-0.39, 0.29) is 11.5 Å². The summed E-state index contributed by atoms with van der Waals surface area (Å²) < 4.78 is 0. The first kappa shape index (κ1) is 16.2. The van der Waals surface area contributed by atoms with E-state index >= 15 is 0 Å². The fraction of sp³-hybridized carbons (Fsp3) is 0.333. The van der Waals surface area contributed by atoms with Gasteiger partial charge >= 0.3 is 0 Å². The zero-order valence-corrected chi connectivity index (χ0v) is 13.7. The van der Waals surface area contributed by atoms with Crippen LogP contribution in [-0.4, -0.2) is 26.3 Å². The molecule has 0 unspecified atom stereocenters. The predicted octanol–water partition coefficient (Wildman–Crippen LogP) is 2.21. The first-order valence-corrected chi connectivity index (χ1v) is 7.72. The minimum atomic E-state index is -0.410. The normalized spacial score (nSPS) is 12.0. The number of thioether (sulfide) groups is 1. The summed E-state index contributed by atoms with van der Waals surface area (Å²) >= 11 is 1.16. The number of aryl methyl sites for hydroxylation is 3. The third-order valence-electron chi connectivity index (χ3n) is 3.14. The number of aromatic amines is 1. The van der Waals surface area contributed by atoms with Crippen LogP contribution < -0.4 is 10.9 Å². The van der Waals surface area contributed by atoms with Crippen molar-refractivity contribution in [2.75, 3.05) is 5.32 Å². The van der Waals surface area contributed by atoms with Crippen molar-refractivity contribution in [3.05, 3.63) is 45.4 Å². The quantitative estimate of drug-likeness (QED) is 0.844. The van der Waals surface area contributed by atoms with Crippen molar-refractivity contribution in [2.45, 2.75) is 38.1 Å². The highest BCUT2D eigenvalue weighted by Gasteiger charge is 2.17. The van der Waals surface area contributed by atoms with Crippen molar-refractivity contribution in [3.8, 4) is 0 Å². The van der Waals surface area contributed by atoms with E-state index in [4.69, 9.17) is 0 Å². The van der Waals surface area contributed by atoms with Gasteiger partial charge in [0.2, 0.25) is 5.91 Å². The highest BCUT2D eigenvalue weighted by atomic mass is 32.2. The first-order chi connectivity index (χ1) is 10.4. The Balaban J connectivity index is 2.10. The van der Waals surface area contributed by atoms with E-state index in [1.807, 2.05) is 32.9 Å². The molecule has 7 heteroatoms. The Morgan fingerprint density at radius 2 is 1.91 bits per heavy atom. The summed E-state index contributed by atoms with van der Waals surface area (Å²) in [6.07, 6.45) is 1.09. The van der Waals surface area contributed by atoms with Crippen molar-refractivity contribution in [2.24, 2.45) is 0 Å². The summed E-state index contributed by atoms with van der Waals surface area (Å²) in [5.74, 6) is -0.147. The minimum absolute atomic E-state index is 0.147. The van der Waals surface area contributed by atoms with Crippen LogP contribution >= 0.6 is 11.8 Å². The molecule has 0 saturated carbocycles. The molecule has 0 aliphatic heterocycles. The molecule has 22 heavy (non-hydrogen) atoms. The number of benzene rings is 1. The maximum atomic E-state index is 12.3. The molecule has 1 atom stereocenters. The number of aromatic nitrogens is 3. The number of rotatable bonds is 4. The monoisotopic (exact) mass is 318 g/mol. The van der Waals surface area contributed by atoms with Crippen molar-refractivity contribution in [3.63, 3.8) is 0 Å². The first-order valence-electron chi connectivity index (χ1n) is 6.84. The Labute approximate surface area is 132 Å². The zero-order chi connectivity index (χ0) is 16.3. The molecule has 0 fully saturated rings. The van der Waals surface area contributed by atoms with Crippen LogP contribution in [0.3, 0.4) is 0 Å². The number of amides is 1. The van der Waals surface area contributed by atoms with E-state index in [2.05, 4.69) is 20.5 Å². The van der Waals surface area contributed by atoms with Gasteiger partial charge in [-0.1, -0.05) is 29.5 Å². The average molecular weight is 318 g/mol. The Bertz CT molecular complexity index is 734. The van der Waals surface area contributed by atoms with Crippen LogP contribution in [0.4, 0.5) is 5.69 Å². The molecule has 0 spiro atoms. The Kier molecular flexibility index (Phi) is 4.97. The highest BCUT2D eigenvalue weighted by molar-refractivity contribution is 8.00. The SMILES string of the molecule is Cc1cc(C)c(NC(=O)[C@@H](C)Sc2nncc(=O)[nH]2)c(C)c1. The van der Waals surface area contributed by atoms with Crippen LogP contribution in [-0.2, 0) is 4.79 Å². The lowest BCUT2D eigenvalue weighted by Gasteiger charge is -2.15. The molecule has 0 radical (unpaired) electrons. The van der Waals surface area contributed by atoms with Gasteiger partial charge in [0.15, 0.2) is 5.16 Å². The maximum absolute atomic E-state index is 12.3. The molecule has 1 aromatic carbocycles. The number of carbonyl (C=O) groups excluding carboxylic acids is 1. The largest absolute Gasteiger partial charge is 0.325 e. The van der Waals surface area contributed by atoms with Crippen LogP contribution in [0.15, 0.2) is 28.3 Å². The third kappa shape index (κ3) is 3.94. The highest BCUT2D eigenvalue weighted by Crippen LogP contribution is 2.24. The van der Waals surface area contributed by atoms with Crippen LogP contribution in [0.1, 0.15) is 23.6 Å². The smallest absolute Gasteiger partial charge is 0.270 e. The Hall–Kier alpha value is -2.15. The van der Waals surface area contributed by atoms with E-state index < -0.39 is 5.25 Å². The van der Waals surface area contributed by atoms with Gasteiger partial charge in [0.05, 0.1) is 5.25 Å². The average Bonchev–Trinajstić information content (AvgIpc) is 2.42. The van der Waals surface area contributed by atoms with Crippen LogP contribution in [0, 0.1) is 20.8 Å². The summed E-state index contributed by atoms with van der Waals surface area (Å²) in [7, 11) is 0. The molecule has 2 N–H and O–H groups in total. The summed E-state index contributed by atoms with van der Waals surface area (Å²) in [5.41, 5.74) is 3.70. The van der Waals surface area contributed by atoms with E-state index in [0.717, 1.165) is 40.3 Å². The lowest BCUT2D eigenvalue weighted by molar-refractivity contribution is -0.115. The second-order valence-corrected chi connectivity index (χ2v) is 6.49. The van der Waals surface area contributed by atoms with Crippen molar-refractivity contribution in [1.29, 1.82) is 0 Å². The summed E-state index contributed by atoms with van der Waals surface area (Å²) in [4.78, 5) is 26.0. The molecule has 0 aliphatic carbocycles. The third-order valence-corrected chi connectivity index (χ3v) is 4.11. The van der Waals surface area contributed by atoms with Crippen LogP contribution in [0.2, 0.25) is 0 Å². The van der Waals surface area contributed by atoms with Gasteiger partial charge in [-0.05, 0) is 38.8 Å². The van der Waals surface area contributed by atoms with Crippen molar-refractivity contribution < 1.29 is 4.79 Å². The molecule has 2 aromatic rings. The van der Waals surface area contributed by atoms with E-state index in [1.165, 1.54) is 0 Å². The number of anilines is 1. The van der Waals surface area contributed by atoms with Crippen molar-refractivity contribution in [1.82, 2.24) is 15.2 Å². The molecule has 0 bridgehead atoms. The van der Waals surface area contributed by atoms with Crippen molar-refractivity contribution >= 4 is 23.4 Å². The summed E-state index contributed by atoms with van der Waals surface area (Å²) in [6.45, 7) is 7.71. The Morgan fingerprint density at radius 1 is 1.27 bits per heavy atom. The topological polar surface area (TPSA) is 87.7 Å². The maximum Gasteiger partial charge on any atom is 0.270 e. The summed E-state index contributed by atoms with van der Waals surface area (Å²) in [5, 5.41) is 10.2. The molecule has 1 aromatic heterocycles. The number of hydrogen-bond donors (Lipinski definition) is 2. The number of hydrogen-bond acceptors (Lipinski definition) is 5. The van der Waals surface area contributed by atoms with Gasteiger partial charge in [-0.25, -0.2) is 0 Å². The minimum Gasteiger partial charge on any atom is -0.325 e. The number of nitrogens with one attached hydrogen (secondary N) is 2. The van der Waals surface area contributed by atoms with Crippen LogP contribution in [0.25, 0.3) is 0 Å². The number of carbonyl (C=O) groups is 1.